The summed E-state index contributed by atoms with van der Waals surface area (Å²) in [6, 6.07) is 8.48. The highest BCUT2D eigenvalue weighted by Gasteiger charge is 2.16. The molecule has 4 heteroatoms. The van der Waals surface area contributed by atoms with Gasteiger partial charge in [0.1, 0.15) is 5.75 Å². The molecule has 0 heterocycles. The zero-order valence-corrected chi connectivity index (χ0v) is 14.1. The van der Waals surface area contributed by atoms with Gasteiger partial charge in [-0.2, -0.15) is 0 Å². The van der Waals surface area contributed by atoms with E-state index in [2.05, 4.69) is 43.2 Å². The van der Waals surface area contributed by atoms with E-state index in [0.717, 1.165) is 25.4 Å². The highest BCUT2D eigenvalue weighted by molar-refractivity contribution is 5.36. The Morgan fingerprint density at radius 1 is 1.24 bits per heavy atom. The highest BCUT2D eigenvalue weighted by Crippen LogP contribution is 2.25. The van der Waals surface area contributed by atoms with Crippen LogP contribution in [0.2, 0.25) is 0 Å². The molecule has 0 spiro atoms. The van der Waals surface area contributed by atoms with E-state index in [4.69, 9.17) is 9.47 Å². The molecule has 1 atom stereocenters. The summed E-state index contributed by atoms with van der Waals surface area (Å²) in [5.41, 5.74) is 1.21. The van der Waals surface area contributed by atoms with E-state index in [1.165, 1.54) is 5.56 Å². The Morgan fingerprint density at radius 2 is 1.95 bits per heavy atom. The number of benzene rings is 1. The van der Waals surface area contributed by atoms with Crippen molar-refractivity contribution < 1.29 is 9.47 Å². The Kier molecular flexibility index (Phi) is 8.35. The average Bonchev–Trinajstić information content (AvgIpc) is 2.45. The fourth-order valence-corrected chi connectivity index (χ4v) is 2.25. The van der Waals surface area contributed by atoms with E-state index in [9.17, 15) is 0 Å². The van der Waals surface area contributed by atoms with E-state index < -0.39 is 0 Å². The molecule has 1 aromatic carbocycles. The highest BCUT2D eigenvalue weighted by atomic mass is 16.5. The lowest BCUT2D eigenvalue weighted by atomic mass is 10.1. The van der Waals surface area contributed by atoms with Crippen molar-refractivity contribution in [3.05, 3.63) is 29.8 Å². The molecular formula is C17H30N2O2. The van der Waals surface area contributed by atoms with E-state index in [0.29, 0.717) is 6.61 Å². The first kappa shape index (κ1) is 18.0. The summed E-state index contributed by atoms with van der Waals surface area (Å²) in [4.78, 5) is 2.28. The summed E-state index contributed by atoms with van der Waals surface area (Å²) in [5.74, 6) is 0.964. The molecule has 0 radical (unpaired) electrons. The first-order valence-electron chi connectivity index (χ1n) is 7.77. The second-order valence-corrected chi connectivity index (χ2v) is 5.49. The van der Waals surface area contributed by atoms with Crippen LogP contribution >= 0.6 is 0 Å². The summed E-state index contributed by atoms with van der Waals surface area (Å²) in [5, 5.41) is 3.38. The van der Waals surface area contributed by atoms with Crippen molar-refractivity contribution in [2.45, 2.75) is 32.9 Å². The summed E-state index contributed by atoms with van der Waals surface area (Å²) >= 11 is 0. The molecule has 0 aliphatic carbocycles. The first-order chi connectivity index (χ1) is 10.1. The number of hydrogen-bond acceptors (Lipinski definition) is 4. The van der Waals surface area contributed by atoms with Crippen molar-refractivity contribution in [2.24, 2.45) is 0 Å². The zero-order valence-electron chi connectivity index (χ0n) is 14.1. The molecule has 0 fully saturated rings. The van der Waals surface area contributed by atoms with E-state index in [1.54, 1.807) is 0 Å². The SMILES string of the molecule is CCOc1ccccc1C(CN(C)CCOC(C)C)NC. The summed E-state index contributed by atoms with van der Waals surface area (Å²) in [7, 11) is 4.11. The molecule has 0 aromatic heterocycles. The minimum absolute atomic E-state index is 0.247. The van der Waals surface area contributed by atoms with Crippen LogP contribution in [-0.2, 0) is 4.74 Å². The Balaban J connectivity index is 2.61. The van der Waals surface area contributed by atoms with Gasteiger partial charge in [-0.15, -0.1) is 0 Å². The maximum absolute atomic E-state index is 5.73. The maximum atomic E-state index is 5.73. The van der Waals surface area contributed by atoms with Crippen LogP contribution in [0.3, 0.4) is 0 Å². The molecule has 120 valence electrons. The van der Waals surface area contributed by atoms with Crippen molar-refractivity contribution in [2.75, 3.05) is 40.4 Å². The lowest BCUT2D eigenvalue weighted by Crippen LogP contribution is -2.33. The number of rotatable bonds is 10. The molecule has 0 aliphatic heterocycles. The molecule has 0 saturated heterocycles. The number of nitrogens with zero attached hydrogens (tertiary/aromatic N) is 1. The van der Waals surface area contributed by atoms with Crippen LogP contribution in [0.1, 0.15) is 32.4 Å². The van der Waals surface area contributed by atoms with Gasteiger partial charge in [0, 0.05) is 24.7 Å². The molecule has 0 saturated carbocycles. The van der Waals surface area contributed by atoms with Gasteiger partial charge in [0.05, 0.1) is 19.3 Å². The van der Waals surface area contributed by atoms with Crippen molar-refractivity contribution in [3.8, 4) is 5.75 Å². The van der Waals surface area contributed by atoms with Crippen LogP contribution < -0.4 is 10.1 Å². The predicted octanol–water partition coefficient (Wildman–Crippen LogP) is 2.70. The average molecular weight is 294 g/mol. The zero-order chi connectivity index (χ0) is 15.7. The molecule has 4 nitrogen and oxygen atoms in total. The van der Waals surface area contributed by atoms with Crippen LogP contribution in [0.25, 0.3) is 0 Å². The Morgan fingerprint density at radius 3 is 2.57 bits per heavy atom. The second kappa shape index (κ2) is 9.77. The van der Waals surface area contributed by atoms with E-state index in [-0.39, 0.29) is 12.1 Å². The Hall–Kier alpha value is -1.10. The molecule has 21 heavy (non-hydrogen) atoms. The number of nitrogens with one attached hydrogen (secondary N) is 1. The third-order valence-corrected chi connectivity index (χ3v) is 3.36. The minimum Gasteiger partial charge on any atom is -0.494 e. The van der Waals surface area contributed by atoms with E-state index in [1.807, 2.05) is 26.1 Å². The molecule has 1 N–H and O–H groups in total. The minimum atomic E-state index is 0.247. The van der Waals surface area contributed by atoms with Crippen LogP contribution in [0.4, 0.5) is 0 Å². The molecule has 0 amide bonds. The number of ether oxygens (including phenoxy) is 2. The lowest BCUT2D eigenvalue weighted by molar-refractivity contribution is 0.0623. The number of hydrogen-bond donors (Lipinski definition) is 1. The molecule has 0 aliphatic rings. The van der Waals surface area contributed by atoms with Gasteiger partial charge >= 0.3 is 0 Å². The van der Waals surface area contributed by atoms with Crippen LogP contribution in [0.5, 0.6) is 5.75 Å². The van der Waals surface area contributed by atoms with Gasteiger partial charge < -0.3 is 19.7 Å². The summed E-state index contributed by atoms with van der Waals surface area (Å²) in [6.07, 6.45) is 0.289. The standard InChI is InChI=1S/C17H30N2O2/c1-6-20-17-10-8-7-9-15(17)16(18-4)13-19(5)11-12-21-14(2)3/h7-10,14,16,18H,6,11-13H2,1-5H3. The number of likely N-dealkylation sites (N-methyl/N-ethyl adjacent to an activating group) is 2. The predicted molar refractivity (Wildman–Crippen MR) is 88.0 cm³/mol. The largest absolute Gasteiger partial charge is 0.494 e. The summed E-state index contributed by atoms with van der Waals surface area (Å²) in [6.45, 7) is 9.43. The maximum Gasteiger partial charge on any atom is 0.124 e. The summed E-state index contributed by atoms with van der Waals surface area (Å²) < 4.78 is 11.3. The van der Waals surface area contributed by atoms with Gasteiger partial charge in [0.15, 0.2) is 0 Å². The van der Waals surface area contributed by atoms with Crippen molar-refractivity contribution in [1.82, 2.24) is 10.2 Å². The quantitative estimate of drug-likeness (QED) is 0.719. The van der Waals surface area contributed by atoms with Gasteiger partial charge in [-0.05, 0) is 40.9 Å². The van der Waals surface area contributed by atoms with Crippen LogP contribution in [0.15, 0.2) is 24.3 Å². The van der Waals surface area contributed by atoms with Gasteiger partial charge in [0.2, 0.25) is 0 Å². The van der Waals surface area contributed by atoms with Crippen molar-refractivity contribution >= 4 is 0 Å². The fourth-order valence-electron chi connectivity index (χ4n) is 2.25. The molecule has 1 unspecified atom stereocenters. The molecule has 1 aromatic rings. The third-order valence-electron chi connectivity index (χ3n) is 3.36. The lowest BCUT2D eigenvalue weighted by Gasteiger charge is -2.25. The number of para-hydroxylation sites is 1. The normalized spacial score (nSPS) is 12.9. The Labute approximate surface area is 129 Å². The third kappa shape index (κ3) is 6.46. The van der Waals surface area contributed by atoms with Crippen LogP contribution in [0, 0.1) is 0 Å². The first-order valence-corrected chi connectivity index (χ1v) is 7.77. The van der Waals surface area contributed by atoms with Crippen LogP contribution in [-0.4, -0.2) is 51.4 Å². The monoisotopic (exact) mass is 294 g/mol. The van der Waals surface area contributed by atoms with Crippen molar-refractivity contribution in [1.29, 1.82) is 0 Å². The molecular weight excluding hydrogens is 264 g/mol. The van der Waals surface area contributed by atoms with E-state index >= 15 is 0 Å². The van der Waals surface area contributed by atoms with Crippen molar-refractivity contribution in [3.63, 3.8) is 0 Å². The van der Waals surface area contributed by atoms with Gasteiger partial charge in [0.25, 0.3) is 0 Å². The fraction of sp³-hybridized carbons (Fsp3) is 0.647. The van der Waals surface area contributed by atoms with Gasteiger partial charge in [-0.1, -0.05) is 18.2 Å². The van der Waals surface area contributed by atoms with Gasteiger partial charge in [-0.25, -0.2) is 0 Å². The second-order valence-electron chi connectivity index (χ2n) is 5.49. The van der Waals surface area contributed by atoms with Gasteiger partial charge in [-0.3, -0.25) is 0 Å². The topological polar surface area (TPSA) is 33.7 Å². The Bertz CT molecular complexity index is 396. The molecule has 1 rings (SSSR count). The molecule has 0 bridgehead atoms. The smallest absolute Gasteiger partial charge is 0.124 e.